The van der Waals surface area contributed by atoms with E-state index < -0.39 is 0 Å². The standard InChI is InChI=1S/C15H21ClO5/c1-3-4-5-11-12(13-15(21-11)20-9(2)19-13)18-8-10-6-7-17-14(10)16/h6-7,9,11-13,15H,3-5,8H2,1-2H3/t9?,11-,12+,13-,15+/m1/s1. The Bertz CT molecular complexity index is 463. The molecule has 2 aliphatic rings. The normalized spacial score (nSPS) is 35.3. The maximum atomic E-state index is 6.03. The highest BCUT2D eigenvalue weighted by Gasteiger charge is 2.51. The summed E-state index contributed by atoms with van der Waals surface area (Å²) in [5, 5.41) is 0.368. The van der Waals surface area contributed by atoms with Crippen molar-refractivity contribution in [1.82, 2.24) is 0 Å². The van der Waals surface area contributed by atoms with Gasteiger partial charge in [0.05, 0.1) is 19.0 Å². The van der Waals surface area contributed by atoms with Gasteiger partial charge >= 0.3 is 0 Å². The molecular weight excluding hydrogens is 296 g/mol. The first-order chi connectivity index (χ1) is 10.2. The molecule has 0 aromatic carbocycles. The number of rotatable bonds is 6. The molecular formula is C15H21ClO5. The molecule has 0 saturated carbocycles. The summed E-state index contributed by atoms with van der Waals surface area (Å²) >= 11 is 5.95. The van der Waals surface area contributed by atoms with Crippen molar-refractivity contribution in [2.45, 2.75) is 70.6 Å². The summed E-state index contributed by atoms with van der Waals surface area (Å²) in [4.78, 5) is 0. The third kappa shape index (κ3) is 3.27. The molecule has 2 aliphatic heterocycles. The van der Waals surface area contributed by atoms with Gasteiger partial charge in [0.1, 0.15) is 12.2 Å². The molecule has 6 heteroatoms. The van der Waals surface area contributed by atoms with E-state index in [1.807, 2.05) is 13.0 Å². The molecule has 2 fully saturated rings. The number of unbranched alkanes of at least 4 members (excludes halogenated alkanes) is 1. The van der Waals surface area contributed by atoms with Crippen molar-refractivity contribution < 1.29 is 23.4 Å². The summed E-state index contributed by atoms with van der Waals surface area (Å²) in [6.45, 7) is 4.41. The van der Waals surface area contributed by atoms with Crippen LogP contribution in [-0.4, -0.2) is 30.9 Å². The van der Waals surface area contributed by atoms with E-state index in [1.54, 1.807) is 6.26 Å². The minimum absolute atomic E-state index is 0.00173. The molecule has 2 saturated heterocycles. The summed E-state index contributed by atoms with van der Waals surface area (Å²) in [5.41, 5.74) is 0.835. The van der Waals surface area contributed by atoms with Crippen LogP contribution in [0.3, 0.4) is 0 Å². The first kappa shape index (κ1) is 15.3. The molecule has 5 atom stereocenters. The predicted molar refractivity (Wildman–Crippen MR) is 75.9 cm³/mol. The first-order valence-electron chi connectivity index (χ1n) is 7.49. The maximum absolute atomic E-state index is 6.03. The lowest BCUT2D eigenvalue weighted by Gasteiger charge is -2.22. The summed E-state index contributed by atoms with van der Waals surface area (Å²) in [5.74, 6) is 0. The van der Waals surface area contributed by atoms with Crippen LogP contribution in [-0.2, 0) is 25.6 Å². The number of ether oxygens (including phenoxy) is 4. The van der Waals surface area contributed by atoms with E-state index in [0.29, 0.717) is 11.8 Å². The van der Waals surface area contributed by atoms with Gasteiger partial charge in [-0.15, -0.1) is 0 Å². The molecule has 5 nitrogen and oxygen atoms in total. The first-order valence-corrected chi connectivity index (χ1v) is 7.86. The summed E-state index contributed by atoms with van der Waals surface area (Å²) in [6, 6.07) is 1.81. The van der Waals surface area contributed by atoms with E-state index in [9.17, 15) is 0 Å². The Hall–Kier alpha value is -0.590. The van der Waals surface area contributed by atoms with E-state index in [1.165, 1.54) is 0 Å². The van der Waals surface area contributed by atoms with E-state index >= 15 is 0 Å². The van der Waals surface area contributed by atoms with E-state index in [4.69, 9.17) is 35.0 Å². The van der Waals surface area contributed by atoms with Gasteiger partial charge in [-0.25, -0.2) is 0 Å². The highest BCUT2D eigenvalue weighted by molar-refractivity contribution is 6.29. The zero-order chi connectivity index (χ0) is 14.8. The Morgan fingerprint density at radius 2 is 2.14 bits per heavy atom. The molecule has 118 valence electrons. The SMILES string of the molecule is CCCC[C@H]1O[C@@H]2OC(C)O[C@@H]2[C@H]1OCc1ccoc1Cl. The summed E-state index contributed by atoms with van der Waals surface area (Å²) in [6.07, 6.45) is 3.81. The van der Waals surface area contributed by atoms with Gasteiger partial charge < -0.3 is 23.4 Å². The number of hydrogen-bond acceptors (Lipinski definition) is 5. The average molecular weight is 317 g/mol. The van der Waals surface area contributed by atoms with Crippen LogP contribution in [0.4, 0.5) is 0 Å². The van der Waals surface area contributed by atoms with Gasteiger partial charge in [-0.2, -0.15) is 0 Å². The van der Waals surface area contributed by atoms with Crippen molar-refractivity contribution in [3.05, 3.63) is 23.1 Å². The topological polar surface area (TPSA) is 50.1 Å². The lowest BCUT2D eigenvalue weighted by molar-refractivity contribution is -0.169. The van der Waals surface area contributed by atoms with Crippen LogP contribution in [0.2, 0.25) is 5.22 Å². The average Bonchev–Trinajstić information content (AvgIpc) is 3.09. The van der Waals surface area contributed by atoms with Crippen LogP contribution in [0.1, 0.15) is 38.7 Å². The second kappa shape index (κ2) is 6.67. The van der Waals surface area contributed by atoms with Crippen LogP contribution < -0.4 is 0 Å². The number of fused-ring (bicyclic) bond motifs is 1. The number of furan rings is 1. The monoisotopic (exact) mass is 316 g/mol. The van der Waals surface area contributed by atoms with Crippen molar-refractivity contribution in [2.24, 2.45) is 0 Å². The fraction of sp³-hybridized carbons (Fsp3) is 0.733. The Balaban J connectivity index is 1.64. The van der Waals surface area contributed by atoms with Gasteiger partial charge in [0.2, 0.25) is 0 Å². The number of hydrogen-bond donors (Lipinski definition) is 0. The lowest BCUT2D eigenvalue weighted by atomic mass is 10.1. The second-order valence-corrected chi connectivity index (χ2v) is 5.83. The van der Waals surface area contributed by atoms with E-state index in [2.05, 4.69) is 6.92 Å². The number of halogens is 1. The maximum Gasteiger partial charge on any atom is 0.198 e. The van der Waals surface area contributed by atoms with Crippen LogP contribution in [0.5, 0.6) is 0 Å². The highest BCUT2D eigenvalue weighted by Crippen LogP contribution is 2.36. The molecule has 0 radical (unpaired) electrons. The molecule has 0 aliphatic carbocycles. The zero-order valence-corrected chi connectivity index (χ0v) is 13.0. The van der Waals surface area contributed by atoms with Gasteiger partial charge in [0.15, 0.2) is 17.8 Å². The molecule has 0 amide bonds. The fourth-order valence-corrected chi connectivity index (χ4v) is 3.00. The zero-order valence-electron chi connectivity index (χ0n) is 12.3. The Labute approximate surface area is 129 Å². The van der Waals surface area contributed by atoms with Crippen LogP contribution in [0, 0.1) is 0 Å². The summed E-state index contributed by atoms with van der Waals surface area (Å²) in [7, 11) is 0. The van der Waals surface area contributed by atoms with Gasteiger partial charge in [-0.1, -0.05) is 19.8 Å². The van der Waals surface area contributed by atoms with Crippen LogP contribution in [0.25, 0.3) is 0 Å². The third-order valence-corrected chi connectivity index (χ3v) is 4.24. The Kier molecular flexibility index (Phi) is 4.86. The minimum atomic E-state index is -0.327. The van der Waals surface area contributed by atoms with Gasteiger partial charge in [0.25, 0.3) is 0 Å². The van der Waals surface area contributed by atoms with Gasteiger partial charge in [0, 0.05) is 5.56 Å². The molecule has 1 unspecified atom stereocenters. The molecule has 1 aromatic rings. The van der Waals surface area contributed by atoms with Crippen molar-refractivity contribution in [2.75, 3.05) is 0 Å². The second-order valence-electron chi connectivity index (χ2n) is 5.48. The minimum Gasteiger partial charge on any atom is -0.453 e. The van der Waals surface area contributed by atoms with Crippen molar-refractivity contribution in [3.63, 3.8) is 0 Å². The largest absolute Gasteiger partial charge is 0.453 e. The molecule has 0 bridgehead atoms. The Morgan fingerprint density at radius 3 is 2.86 bits per heavy atom. The molecule has 3 heterocycles. The molecule has 1 aromatic heterocycles. The molecule has 3 rings (SSSR count). The summed E-state index contributed by atoms with van der Waals surface area (Å²) < 4.78 is 28.4. The predicted octanol–water partition coefficient (Wildman–Crippen LogP) is 3.49. The highest BCUT2D eigenvalue weighted by atomic mass is 35.5. The van der Waals surface area contributed by atoms with Gasteiger partial charge in [-0.3, -0.25) is 0 Å². The van der Waals surface area contributed by atoms with Crippen LogP contribution in [0.15, 0.2) is 16.7 Å². The fourth-order valence-electron chi connectivity index (χ4n) is 2.83. The smallest absolute Gasteiger partial charge is 0.198 e. The van der Waals surface area contributed by atoms with Crippen molar-refractivity contribution >= 4 is 11.6 Å². The quantitative estimate of drug-likeness (QED) is 0.804. The van der Waals surface area contributed by atoms with Crippen LogP contribution >= 0.6 is 11.6 Å². The Morgan fingerprint density at radius 1 is 1.29 bits per heavy atom. The van der Waals surface area contributed by atoms with E-state index in [-0.39, 0.29) is 30.9 Å². The van der Waals surface area contributed by atoms with Crippen molar-refractivity contribution in [1.29, 1.82) is 0 Å². The molecule has 21 heavy (non-hydrogen) atoms. The van der Waals surface area contributed by atoms with Crippen molar-refractivity contribution in [3.8, 4) is 0 Å². The third-order valence-electron chi connectivity index (χ3n) is 3.91. The lowest BCUT2D eigenvalue weighted by Crippen LogP contribution is -2.35. The molecule has 0 spiro atoms. The van der Waals surface area contributed by atoms with Gasteiger partial charge in [-0.05, 0) is 31.0 Å². The van der Waals surface area contributed by atoms with E-state index in [0.717, 1.165) is 24.8 Å². The molecule has 0 N–H and O–H groups in total.